The van der Waals surface area contributed by atoms with Crippen molar-refractivity contribution in [2.75, 3.05) is 0 Å². The molecule has 15 heavy (non-hydrogen) atoms. The Labute approximate surface area is 87.1 Å². The molecule has 1 aromatic heterocycles. The molecule has 0 saturated heterocycles. The van der Waals surface area contributed by atoms with E-state index in [1.807, 2.05) is 30.3 Å². The summed E-state index contributed by atoms with van der Waals surface area (Å²) in [6.45, 7) is 0. The molecule has 2 aromatic rings. The fourth-order valence-electron chi connectivity index (χ4n) is 1.58. The van der Waals surface area contributed by atoms with Crippen LogP contribution in [0.25, 0.3) is 16.5 Å². The predicted octanol–water partition coefficient (Wildman–Crippen LogP) is 2.18. The Bertz CT molecular complexity index is 570. The van der Waals surface area contributed by atoms with Crippen molar-refractivity contribution < 1.29 is 0 Å². The van der Waals surface area contributed by atoms with E-state index in [1.54, 1.807) is 12.4 Å². The number of hydrogen-bond donors (Lipinski definition) is 0. The molecule has 0 amide bonds. The SMILES string of the molecule is C1=N[N]C=C1c1ccc2ccccc2n1. The number of allylic oxidation sites excluding steroid dienone is 1. The number of aromatic nitrogens is 1. The van der Waals surface area contributed by atoms with Crippen molar-refractivity contribution in [1.29, 1.82) is 0 Å². The van der Waals surface area contributed by atoms with Crippen LogP contribution in [0.3, 0.4) is 0 Å². The van der Waals surface area contributed by atoms with Gasteiger partial charge in [0.2, 0.25) is 0 Å². The van der Waals surface area contributed by atoms with Crippen molar-refractivity contribution in [3.8, 4) is 0 Å². The molecule has 2 heterocycles. The third kappa shape index (κ3) is 1.38. The quantitative estimate of drug-likeness (QED) is 0.685. The van der Waals surface area contributed by atoms with E-state index in [1.165, 1.54) is 0 Å². The summed E-state index contributed by atoms with van der Waals surface area (Å²) in [6, 6.07) is 12.1. The van der Waals surface area contributed by atoms with Crippen LogP contribution in [-0.2, 0) is 0 Å². The lowest BCUT2D eigenvalue weighted by Crippen LogP contribution is -1.89. The summed E-state index contributed by atoms with van der Waals surface area (Å²) in [4.78, 5) is 4.54. The molecule has 0 saturated carbocycles. The first-order chi connectivity index (χ1) is 7.43. The predicted molar refractivity (Wildman–Crippen MR) is 60.3 cm³/mol. The molecule has 0 N–H and O–H groups in total. The Morgan fingerprint density at radius 1 is 0.933 bits per heavy atom. The lowest BCUT2D eigenvalue weighted by atomic mass is 10.1. The molecule has 3 rings (SSSR count). The molecule has 0 unspecified atom stereocenters. The molecule has 1 aromatic carbocycles. The number of rotatable bonds is 1. The minimum absolute atomic E-state index is 0.915. The number of nitrogens with zero attached hydrogens (tertiary/aromatic N) is 3. The molecule has 71 valence electrons. The Morgan fingerprint density at radius 3 is 2.73 bits per heavy atom. The average Bonchev–Trinajstić information content (AvgIpc) is 2.82. The second-order valence-corrected chi connectivity index (χ2v) is 3.33. The van der Waals surface area contributed by atoms with Crippen molar-refractivity contribution in [2.24, 2.45) is 5.10 Å². The summed E-state index contributed by atoms with van der Waals surface area (Å²) in [5.41, 5.74) is 6.66. The fourth-order valence-corrected chi connectivity index (χ4v) is 1.58. The highest BCUT2D eigenvalue weighted by Crippen LogP contribution is 2.17. The van der Waals surface area contributed by atoms with Crippen LogP contribution in [-0.4, -0.2) is 11.2 Å². The minimum Gasteiger partial charge on any atom is -0.248 e. The largest absolute Gasteiger partial charge is 0.248 e. The summed E-state index contributed by atoms with van der Waals surface area (Å²) in [6.07, 6.45) is 3.44. The summed E-state index contributed by atoms with van der Waals surface area (Å²) in [5, 5.41) is 4.94. The van der Waals surface area contributed by atoms with Gasteiger partial charge in [-0.2, -0.15) is 10.5 Å². The van der Waals surface area contributed by atoms with Crippen LogP contribution in [0.4, 0.5) is 0 Å². The lowest BCUT2D eigenvalue weighted by molar-refractivity contribution is 0.977. The highest BCUT2D eigenvalue weighted by Gasteiger charge is 2.05. The summed E-state index contributed by atoms with van der Waals surface area (Å²) < 4.78 is 0. The maximum Gasteiger partial charge on any atom is 0.0742 e. The van der Waals surface area contributed by atoms with Gasteiger partial charge < -0.3 is 0 Å². The highest BCUT2D eigenvalue weighted by atomic mass is 15.3. The standard InChI is InChI=1S/C12H8N3/c1-2-4-11-9(3-1)5-6-12(15-11)10-7-13-14-8-10/h1-8H. The topological polar surface area (TPSA) is 39.4 Å². The van der Waals surface area contributed by atoms with Crippen molar-refractivity contribution in [1.82, 2.24) is 10.4 Å². The number of hydrogen-bond acceptors (Lipinski definition) is 2. The van der Waals surface area contributed by atoms with Gasteiger partial charge in [-0.05, 0) is 12.1 Å². The Balaban J connectivity index is 2.17. The third-order valence-electron chi connectivity index (χ3n) is 2.35. The smallest absolute Gasteiger partial charge is 0.0742 e. The molecule has 3 nitrogen and oxygen atoms in total. The van der Waals surface area contributed by atoms with E-state index in [4.69, 9.17) is 0 Å². The number of para-hydroxylation sites is 1. The maximum atomic E-state index is 4.54. The number of pyridine rings is 1. The zero-order valence-corrected chi connectivity index (χ0v) is 7.96. The van der Waals surface area contributed by atoms with Crippen LogP contribution >= 0.6 is 0 Å². The fraction of sp³-hybridized carbons (Fsp3) is 0. The first kappa shape index (κ1) is 8.17. The minimum atomic E-state index is 0.915. The van der Waals surface area contributed by atoms with E-state index in [9.17, 15) is 0 Å². The van der Waals surface area contributed by atoms with E-state index in [2.05, 4.69) is 21.6 Å². The molecular formula is C12H8N3. The second kappa shape index (κ2) is 3.20. The van der Waals surface area contributed by atoms with Gasteiger partial charge in [0.05, 0.1) is 23.6 Å². The second-order valence-electron chi connectivity index (χ2n) is 3.33. The summed E-state index contributed by atoms with van der Waals surface area (Å²) in [7, 11) is 0. The van der Waals surface area contributed by atoms with Gasteiger partial charge >= 0.3 is 0 Å². The van der Waals surface area contributed by atoms with Gasteiger partial charge in [-0.3, -0.25) is 0 Å². The maximum absolute atomic E-state index is 4.54. The molecule has 0 spiro atoms. The van der Waals surface area contributed by atoms with Crippen molar-refractivity contribution in [3.05, 3.63) is 48.3 Å². The number of fused-ring (bicyclic) bond motifs is 1. The van der Waals surface area contributed by atoms with E-state index in [0.29, 0.717) is 0 Å². The van der Waals surface area contributed by atoms with E-state index in [0.717, 1.165) is 22.2 Å². The van der Waals surface area contributed by atoms with Crippen molar-refractivity contribution in [2.45, 2.75) is 0 Å². The third-order valence-corrected chi connectivity index (χ3v) is 2.35. The monoisotopic (exact) mass is 194 g/mol. The van der Waals surface area contributed by atoms with Gasteiger partial charge in [-0.1, -0.05) is 24.3 Å². The first-order valence-corrected chi connectivity index (χ1v) is 4.73. The Morgan fingerprint density at radius 2 is 1.87 bits per heavy atom. The molecular weight excluding hydrogens is 186 g/mol. The van der Waals surface area contributed by atoms with Crippen LogP contribution in [0, 0.1) is 0 Å². The van der Waals surface area contributed by atoms with Gasteiger partial charge in [-0.25, -0.2) is 4.98 Å². The molecule has 0 aliphatic carbocycles. The van der Waals surface area contributed by atoms with E-state index >= 15 is 0 Å². The first-order valence-electron chi connectivity index (χ1n) is 4.73. The van der Waals surface area contributed by atoms with Crippen LogP contribution in [0.15, 0.2) is 47.7 Å². The summed E-state index contributed by atoms with van der Waals surface area (Å²) in [5.74, 6) is 0. The van der Waals surface area contributed by atoms with Gasteiger partial charge in [0.1, 0.15) is 0 Å². The van der Waals surface area contributed by atoms with Crippen molar-refractivity contribution >= 4 is 22.7 Å². The molecule has 0 fully saturated rings. The zero-order valence-electron chi connectivity index (χ0n) is 7.96. The molecule has 1 aliphatic rings. The van der Waals surface area contributed by atoms with Gasteiger partial charge in [0.15, 0.2) is 0 Å². The van der Waals surface area contributed by atoms with Crippen LogP contribution < -0.4 is 5.43 Å². The lowest BCUT2D eigenvalue weighted by Gasteiger charge is -2.00. The summed E-state index contributed by atoms with van der Waals surface area (Å²) >= 11 is 0. The van der Waals surface area contributed by atoms with Gasteiger partial charge in [0, 0.05) is 11.0 Å². The molecule has 0 atom stereocenters. The Hall–Kier alpha value is -2.16. The van der Waals surface area contributed by atoms with Gasteiger partial charge in [0.25, 0.3) is 0 Å². The molecule has 0 bridgehead atoms. The van der Waals surface area contributed by atoms with Crippen LogP contribution in [0.5, 0.6) is 0 Å². The van der Waals surface area contributed by atoms with E-state index < -0.39 is 0 Å². The van der Waals surface area contributed by atoms with Crippen LogP contribution in [0.1, 0.15) is 5.69 Å². The van der Waals surface area contributed by atoms with E-state index in [-0.39, 0.29) is 0 Å². The molecule has 1 radical (unpaired) electrons. The average molecular weight is 194 g/mol. The molecule has 3 heteroatoms. The van der Waals surface area contributed by atoms with Crippen LogP contribution in [0.2, 0.25) is 0 Å². The Kier molecular flexibility index (Phi) is 1.75. The highest BCUT2D eigenvalue weighted by molar-refractivity contribution is 6.10. The normalized spacial score (nSPS) is 14.0. The van der Waals surface area contributed by atoms with Gasteiger partial charge in [-0.15, -0.1) is 0 Å². The zero-order chi connectivity index (χ0) is 10.1. The molecule has 1 aliphatic heterocycles. The number of benzene rings is 1. The van der Waals surface area contributed by atoms with Crippen molar-refractivity contribution in [3.63, 3.8) is 0 Å².